The van der Waals surface area contributed by atoms with Gasteiger partial charge in [-0.1, -0.05) is 42.5 Å². The van der Waals surface area contributed by atoms with Gasteiger partial charge in [0.2, 0.25) is 11.8 Å². The average Bonchev–Trinajstić information content (AvgIpc) is 3.15. The summed E-state index contributed by atoms with van der Waals surface area (Å²) in [6.45, 7) is 2.75. The third-order valence-corrected chi connectivity index (χ3v) is 5.04. The lowest BCUT2D eigenvalue weighted by atomic mass is 10.2. The monoisotopic (exact) mass is 404 g/mol. The van der Waals surface area contributed by atoms with E-state index in [2.05, 4.69) is 10.3 Å². The van der Waals surface area contributed by atoms with Gasteiger partial charge in [0.25, 0.3) is 0 Å². The number of ether oxygens (including phenoxy) is 1. The van der Waals surface area contributed by atoms with Crippen LogP contribution in [0.25, 0.3) is 17.1 Å². The lowest BCUT2D eigenvalue weighted by Gasteiger charge is -2.27. The number of carbonyl (C=O) groups is 2. The summed E-state index contributed by atoms with van der Waals surface area (Å²) in [5.41, 5.74) is 2.63. The minimum Gasteiger partial charge on any atom is -0.378 e. The van der Waals surface area contributed by atoms with Crippen LogP contribution in [0.2, 0.25) is 0 Å². The number of fused-ring (bicyclic) bond motifs is 1. The van der Waals surface area contributed by atoms with Crippen molar-refractivity contribution in [1.29, 1.82) is 0 Å². The van der Waals surface area contributed by atoms with Gasteiger partial charge in [-0.25, -0.2) is 4.98 Å². The van der Waals surface area contributed by atoms with Gasteiger partial charge in [0, 0.05) is 19.2 Å². The van der Waals surface area contributed by atoms with Crippen molar-refractivity contribution in [3.05, 3.63) is 72.1 Å². The number of benzene rings is 2. The van der Waals surface area contributed by atoms with E-state index >= 15 is 0 Å². The molecule has 1 fully saturated rings. The summed E-state index contributed by atoms with van der Waals surface area (Å²) in [6.07, 6.45) is 3.27. The van der Waals surface area contributed by atoms with Crippen LogP contribution in [0.15, 0.2) is 60.7 Å². The van der Waals surface area contributed by atoms with Crippen molar-refractivity contribution in [3.63, 3.8) is 0 Å². The zero-order valence-electron chi connectivity index (χ0n) is 16.7. The van der Waals surface area contributed by atoms with Gasteiger partial charge < -0.3 is 19.5 Å². The Morgan fingerprint density at radius 1 is 1.03 bits per heavy atom. The Balaban J connectivity index is 1.47. The van der Waals surface area contributed by atoms with Crippen molar-refractivity contribution >= 4 is 28.9 Å². The Morgan fingerprint density at radius 3 is 2.57 bits per heavy atom. The van der Waals surface area contributed by atoms with Gasteiger partial charge >= 0.3 is 0 Å². The quantitative estimate of drug-likeness (QED) is 0.639. The van der Waals surface area contributed by atoms with Crippen molar-refractivity contribution < 1.29 is 14.3 Å². The van der Waals surface area contributed by atoms with Gasteiger partial charge in [-0.15, -0.1) is 0 Å². The number of para-hydroxylation sites is 2. The Morgan fingerprint density at radius 2 is 1.77 bits per heavy atom. The van der Waals surface area contributed by atoms with E-state index in [0.717, 1.165) is 16.6 Å². The van der Waals surface area contributed by atoms with Crippen LogP contribution in [-0.4, -0.2) is 52.6 Å². The van der Waals surface area contributed by atoms with E-state index in [9.17, 15) is 9.59 Å². The fourth-order valence-corrected chi connectivity index (χ4v) is 3.45. The first kappa shape index (κ1) is 19.8. The van der Waals surface area contributed by atoms with Crippen LogP contribution in [0, 0.1) is 0 Å². The first-order chi connectivity index (χ1) is 14.7. The molecule has 0 bridgehead atoms. The molecule has 1 aliphatic heterocycles. The summed E-state index contributed by atoms with van der Waals surface area (Å²) in [5, 5.41) is 2.87. The SMILES string of the molecule is O=C(/C=C\c1ccccc1)NCc1nc2ccccc2n1CC(=O)N1CCOCC1. The van der Waals surface area contributed by atoms with E-state index < -0.39 is 0 Å². The molecule has 2 aromatic carbocycles. The molecular weight excluding hydrogens is 380 g/mol. The molecule has 3 aromatic rings. The molecule has 1 N–H and O–H groups in total. The number of aromatic nitrogens is 2. The van der Waals surface area contributed by atoms with Gasteiger partial charge in [-0.2, -0.15) is 0 Å². The molecule has 2 amide bonds. The summed E-state index contributed by atoms with van der Waals surface area (Å²) in [6, 6.07) is 17.3. The summed E-state index contributed by atoms with van der Waals surface area (Å²) in [4.78, 5) is 31.5. The van der Waals surface area contributed by atoms with E-state index in [-0.39, 0.29) is 24.9 Å². The van der Waals surface area contributed by atoms with Gasteiger partial charge in [0.1, 0.15) is 12.4 Å². The molecule has 7 nitrogen and oxygen atoms in total. The van der Waals surface area contributed by atoms with Gasteiger partial charge in [0.05, 0.1) is 30.8 Å². The topological polar surface area (TPSA) is 76.5 Å². The number of rotatable bonds is 6. The standard InChI is InChI=1S/C23H24N4O3/c28-22(11-10-18-6-2-1-3-7-18)24-16-21-25-19-8-4-5-9-20(19)27(21)17-23(29)26-12-14-30-15-13-26/h1-11H,12-17H2,(H,24,28)/b11-10-. The normalized spacial score (nSPS) is 14.3. The maximum absolute atomic E-state index is 12.8. The van der Waals surface area contributed by atoms with Crippen molar-refractivity contribution in [2.45, 2.75) is 13.1 Å². The number of amides is 2. The van der Waals surface area contributed by atoms with E-state index in [1.807, 2.05) is 64.1 Å². The van der Waals surface area contributed by atoms with Gasteiger partial charge in [-0.3, -0.25) is 9.59 Å². The molecule has 7 heteroatoms. The Kier molecular flexibility index (Phi) is 6.20. The van der Waals surface area contributed by atoms with Crippen molar-refractivity contribution in [2.24, 2.45) is 0 Å². The number of nitrogens with one attached hydrogen (secondary N) is 1. The first-order valence-corrected chi connectivity index (χ1v) is 10.0. The van der Waals surface area contributed by atoms with Crippen LogP contribution in [-0.2, 0) is 27.4 Å². The highest BCUT2D eigenvalue weighted by Crippen LogP contribution is 2.17. The minimum absolute atomic E-state index is 0.0259. The molecule has 30 heavy (non-hydrogen) atoms. The van der Waals surface area contributed by atoms with Crippen LogP contribution < -0.4 is 5.32 Å². The second-order valence-corrected chi connectivity index (χ2v) is 7.06. The highest BCUT2D eigenvalue weighted by molar-refractivity contribution is 5.91. The predicted molar refractivity (Wildman–Crippen MR) is 114 cm³/mol. The molecule has 2 heterocycles. The second-order valence-electron chi connectivity index (χ2n) is 7.06. The number of nitrogens with zero attached hydrogens (tertiary/aromatic N) is 3. The van der Waals surface area contributed by atoms with Crippen molar-refractivity contribution in [2.75, 3.05) is 26.3 Å². The maximum Gasteiger partial charge on any atom is 0.244 e. The Bertz CT molecular complexity index is 1050. The zero-order valence-corrected chi connectivity index (χ0v) is 16.7. The van der Waals surface area contributed by atoms with Crippen LogP contribution in [0.4, 0.5) is 0 Å². The molecule has 1 saturated heterocycles. The van der Waals surface area contributed by atoms with E-state index in [0.29, 0.717) is 32.1 Å². The average molecular weight is 404 g/mol. The largest absolute Gasteiger partial charge is 0.378 e. The molecule has 0 atom stereocenters. The van der Waals surface area contributed by atoms with Gasteiger partial charge in [0.15, 0.2) is 0 Å². The molecule has 1 aromatic heterocycles. The molecule has 0 unspecified atom stereocenters. The van der Waals surface area contributed by atoms with E-state index in [1.54, 1.807) is 6.08 Å². The summed E-state index contributed by atoms with van der Waals surface area (Å²) >= 11 is 0. The number of carbonyl (C=O) groups excluding carboxylic acids is 2. The predicted octanol–water partition coefficient (Wildman–Crippen LogP) is 2.22. The number of hydrogen-bond donors (Lipinski definition) is 1. The second kappa shape index (κ2) is 9.37. The molecule has 0 aliphatic carbocycles. The number of hydrogen-bond acceptors (Lipinski definition) is 4. The van der Waals surface area contributed by atoms with Crippen LogP contribution in [0.3, 0.4) is 0 Å². The van der Waals surface area contributed by atoms with Crippen molar-refractivity contribution in [3.8, 4) is 0 Å². The first-order valence-electron chi connectivity index (χ1n) is 10.0. The smallest absolute Gasteiger partial charge is 0.244 e. The molecular formula is C23H24N4O3. The molecule has 0 radical (unpaired) electrons. The number of morpholine rings is 1. The van der Waals surface area contributed by atoms with Crippen LogP contribution in [0.1, 0.15) is 11.4 Å². The maximum atomic E-state index is 12.8. The van der Waals surface area contributed by atoms with Crippen LogP contribution >= 0.6 is 0 Å². The Labute approximate surface area is 175 Å². The lowest BCUT2D eigenvalue weighted by Crippen LogP contribution is -2.42. The third-order valence-electron chi connectivity index (χ3n) is 5.04. The van der Waals surface area contributed by atoms with E-state index in [1.165, 1.54) is 6.08 Å². The number of imidazole rings is 1. The summed E-state index contributed by atoms with van der Waals surface area (Å²) < 4.78 is 7.22. The highest BCUT2D eigenvalue weighted by atomic mass is 16.5. The molecule has 0 spiro atoms. The minimum atomic E-state index is -0.211. The lowest BCUT2D eigenvalue weighted by molar-refractivity contribution is -0.135. The summed E-state index contributed by atoms with van der Waals surface area (Å²) in [7, 11) is 0. The van der Waals surface area contributed by atoms with Gasteiger partial charge in [-0.05, 0) is 23.8 Å². The zero-order chi connectivity index (χ0) is 20.8. The molecule has 0 saturated carbocycles. The molecule has 154 valence electrons. The highest BCUT2D eigenvalue weighted by Gasteiger charge is 2.20. The fourth-order valence-electron chi connectivity index (χ4n) is 3.45. The molecule has 4 rings (SSSR count). The summed E-state index contributed by atoms with van der Waals surface area (Å²) in [5.74, 6) is 0.467. The Hall–Kier alpha value is -3.45. The third kappa shape index (κ3) is 4.75. The fraction of sp³-hybridized carbons (Fsp3) is 0.261. The van der Waals surface area contributed by atoms with Crippen LogP contribution in [0.5, 0.6) is 0 Å². The van der Waals surface area contributed by atoms with E-state index in [4.69, 9.17) is 4.74 Å². The van der Waals surface area contributed by atoms with Crippen molar-refractivity contribution in [1.82, 2.24) is 19.8 Å². The molecule has 1 aliphatic rings.